The number of aliphatic hydroxyl groups excluding tert-OH is 1. The zero-order valence-corrected chi connectivity index (χ0v) is 12.4. The first-order valence-corrected chi connectivity index (χ1v) is 7.56. The van der Waals surface area contributed by atoms with E-state index in [0.29, 0.717) is 18.3 Å². The number of unbranched alkanes of at least 4 members (excludes halogenated alkanes) is 1. The molecule has 1 amide bonds. The number of aldehydes is 1. The number of hydrogen-bond donors (Lipinski definition) is 1. The standard InChI is InChI=1S/C16H25NO3/c1-17(2)16(20)6-4-3-5-11-7-12-9-15(19)14(10-18)13(12)8-11/h7,10,12-15,19H,3-6,8-9H2,1-2H3/t12-,13-,14+,15+/m0/s1. The van der Waals surface area contributed by atoms with E-state index in [0.717, 1.165) is 38.4 Å². The zero-order valence-electron chi connectivity index (χ0n) is 12.4. The molecule has 112 valence electrons. The number of hydrogen-bond acceptors (Lipinski definition) is 3. The molecule has 4 nitrogen and oxygen atoms in total. The molecular formula is C16H25NO3. The van der Waals surface area contributed by atoms with E-state index in [1.165, 1.54) is 5.57 Å². The summed E-state index contributed by atoms with van der Waals surface area (Å²) < 4.78 is 0. The first kappa shape index (κ1) is 15.2. The van der Waals surface area contributed by atoms with Crippen molar-refractivity contribution in [2.75, 3.05) is 14.1 Å². The molecule has 2 aliphatic rings. The molecule has 4 heteroatoms. The fourth-order valence-corrected chi connectivity index (χ4v) is 3.56. The highest BCUT2D eigenvalue weighted by Gasteiger charge is 2.44. The first-order valence-electron chi connectivity index (χ1n) is 7.56. The molecule has 0 aromatic carbocycles. The Morgan fingerprint density at radius 1 is 1.45 bits per heavy atom. The highest BCUT2D eigenvalue weighted by Crippen LogP contribution is 2.46. The Hall–Kier alpha value is -1.16. The predicted molar refractivity (Wildman–Crippen MR) is 77.0 cm³/mol. The Morgan fingerprint density at radius 2 is 2.20 bits per heavy atom. The number of nitrogens with zero attached hydrogens (tertiary/aromatic N) is 1. The lowest BCUT2D eigenvalue weighted by atomic mass is 9.90. The van der Waals surface area contributed by atoms with Crippen LogP contribution >= 0.6 is 0 Å². The summed E-state index contributed by atoms with van der Waals surface area (Å²) in [5.74, 6) is 0.718. The normalized spacial score (nSPS) is 31.9. The zero-order chi connectivity index (χ0) is 14.7. The molecule has 0 radical (unpaired) electrons. The van der Waals surface area contributed by atoms with Gasteiger partial charge in [-0.25, -0.2) is 0 Å². The van der Waals surface area contributed by atoms with Gasteiger partial charge in [0.2, 0.25) is 5.91 Å². The fraction of sp³-hybridized carbons (Fsp3) is 0.750. The van der Waals surface area contributed by atoms with Crippen LogP contribution in [0.3, 0.4) is 0 Å². The molecule has 1 fully saturated rings. The van der Waals surface area contributed by atoms with Gasteiger partial charge in [-0.3, -0.25) is 4.79 Å². The van der Waals surface area contributed by atoms with Gasteiger partial charge in [0.05, 0.1) is 6.10 Å². The topological polar surface area (TPSA) is 57.6 Å². The largest absolute Gasteiger partial charge is 0.392 e. The van der Waals surface area contributed by atoms with Crippen LogP contribution < -0.4 is 0 Å². The van der Waals surface area contributed by atoms with Crippen LogP contribution in [0.1, 0.15) is 38.5 Å². The van der Waals surface area contributed by atoms with Crippen molar-refractivity contribution < 1.29 is 14.7 Å². The third-order valence-electron chi connectivity index (χ3n) is 4.74. The van der Waals surface area contributed by atoms with Crippen molar-refractivity contribution in [3.63, 3.8) is 0 Å². The molecule has 0 bridgehead atoms. The lowest BCUT2D eigenvalue weighted by Gasteiger charge is -2.15. The summed E-state index contributed by atoms with van der Waals surface area (Å²) in [5.41, 5.74) is 1.41. The lowest BCUT2D eigenvalue weighted by molar-refractivity contribution is -0.128. The van der Waals surface area contributed by atoms with E-state index in [1.54, 1.807) is 19.0 Å². The molecule has 1 saturated carbocycles. The summed E-state index contributed by atoms with van der Waals surface area (Å²) in [7, 11) is 3.57. The lowest BCUT2D eigenvalue weighted by Crippen LogP contribution is -2.21. The van der Waals surface area contributed by atoms with Gasteiger partial charge < -0.3 is 14.8 Å². The van der Waals surface area contributed by atoms with E-state index in [-0.39, 0.29) is 11.8 Å². The van der Waals surface area contributed by atoms with Gasteiger partial charge >= 0.3 is 0 Å². The Morgan fingerprint density at radius 3 is 2.85 bits per heavy atom. The van der Waals surface area contributed by atoms with Gasteiger partial charge in [-0.1, -0.05) is 11.6 Å². The average Bonchev–Trinajstić information content (AvgIpc) is 2.90. The van der Waals surface area contributed by atoms with Crippen LogP contribution in [-0.2, 0) is 9.59 Å². The minimum absolute atomic E-state index is 0.177. The van der Waals surface area contributed by atoms with Crippen molar-refractivity contribution in [3.05, 3.63) is 11.6 Å². The van der Waals surface area contributed by atoms with Crippen LogP contribution in [0, 0.1) is 17.8 Å². The number of fused-ring (bicyclic) bond motifs is 1. The van der Waals surface area contributed by atoms with Gasteiger partial charge in [0.1, 0.15) is 6.29 Å². The highest BCUT2D eigenvalue weighted by atomic mass is 16.3. The smallest absolute Gasteiger partial charge is 0.222 e. The molecule has 4 atom stereocenters. The summed E-state index contributed by atoms with van der Waals surface area (Å²) in [6.07, 6.45) is 8.02. The summed E-state index contributed by atoms with van der Waals surface area (Å²) in [4.78, 5) is 24.1. The minimum atomic E-state index is -0.446. The summed E-state index contributed by atoms with van der Waals surface area (Å²) in [6.45, 7) is 0. The molecule has 0 spiro atoms. The average molecular weight is 279 g/mol. The number of amides is 1. The second-order valence-electron chi connectivity index (χ2n) is 6.37. The van der Waals surface area contributed by atoms with Crippen LogP contribution in [0.25, 0.3) is 0 Å². The van der Waals surface area contributed by atoms with Crippen LogP contribution in [0.15, 0.2) is 11.6 Å². The molecular weight excluding hydrogens is 254 g/mol. The van der Waals surface area contributed by atoms with E-state index in [9.17, 15) is 14.7 Å². The number of carbonyl (C=O) groups excluding carboxylic acids is 2. The molecule has 20 heavy (non-hydrogen) atoms. The minimum Gasteiger partial charge on any atom is -0.392 e. The van der Waals surface area contributed by atoms with Gasteiger partial charge in [-0.05, 0) is 43.9 Å². The molecule has 0 aliphatic heterocycles. The van der Waals surface area contributed by atoms with Crippen LogP contribution in [0.2, 0.25) is 0 Å². The number of allylic oxidation sites excluding steroid dienone is 2. The van der Waals surface area contributed by atoms with Crippen LogP contribution in [-0.4, -0.2) is 42.4 Å². The second-order valence-corrected chi connectivity index (χ2v) is 6.37. The van der Waals surface area contributed by atoms with Crippen molar-refractivity contribution in [1.29, 1.82) is 0 Å². The molecule has 0 saturated heterocycles. The summed E-state index contributed by atoms with van der Waals surface area (Å²) in [6, 6.07) is 0. The van der Waals surface area contributed by atoms with E-state index in [4.69, 9.17) is 0 Å². The maximum absolute atomic E-state index is 11.5. The SMILES string of the molecule is CN(C)C(=O)CCCCC1=C[C@H]2C[C@@H](O)[C@H](C=O)[C@H]2C1. The van der Waals surface area contributed by atoms with Crippen molar-refractivity contribution in [3.8, 4) is 0 Å². The first-order chi connectivity index (χ1) is 9.52. The Labute approximate surface area is 120 Å². The van der Waals surface area contributed by atoms with Crippen molar-refractivity contribution >= 4 is 12.2 Å². The van der Waals surface area contributed by atoms with Crippen molar-refractivity contribution in [1.82, 2.24) is 4.90 Å². The van der Waals surface area contributed by atoms with E-state index in [2.05, 4.69) is 6.08 Å². The monoisotopic (exact) mass is 279 g/mol. The molecule has 0 aromatic rings. The highest BCUT2D eigenvalue weighted by molar-refractivity contribution is 5.75. The van der Waals surface area contributed by atoms with Crippen LogP contribution in [0.4, 0.5) is 0 Å². The second kappa shape index (κ2) is 6.53. The van der Waals surface area contributed by atoms with Gasteiger partial charge in [-0.15, -0.1) is 0 Å². The van der Waals surface area contributed by atoms with Gasteiger partial charge in [0.25, 0.3) is 0 Å². The number of carbonyl (C=O) groups is 2. The Kier molecular flexibility index (Phi) is 4.97. The predicted octanol–water partition coefficient (Wildman–Crippen LogP) is 1.78. The maximum Gasteiger partial charge on any atom is 0.222 e. The Balaban J connectivity index is 1.73. The third kappa shape index (κ3) is 3.29. The van der Waals surface area contributed by atoms with Crippen molar-refractivity contribution in [2.45, 2.75) is 44.6 Å². The van der Waals surface area contributed by atoms with E-state index in [1.807, 2.05) is 0 Å². The summed E-state index contributed by atoms with van der Waals surface area (Å²) >= 11 is 0. The van der Waals surface area contributed by atoms with Gasteiger partial charge in [0.15, 0.2) is 0 Å². The van der Waals surface area contributed by atoms with Gasteiger partial charge in [-0.2, -0.15) is 0 Å². The van der Waals surface area contributed by atoms with Crippen molar-refractivity contribution in [2.24, 2.45) is 17.8 Å². The van der Waals surface area contributed by atoms with Crippen LogP contribution in [0.5, 0.6) is 0 Å². The molecule has 2 aliphatic carbocycles. The Bertz CT molecular complexity index is 403. The quantitative estimate of drug-likeness (QED) is 0.458. The van der Waals surface area contributed by atoms with E-state index < -0.39 is 6.10 Å². The maximum atomic E-state index is 11.5. The molecule has 2 rings (SSSR count). The van der Waals surface area contributed by atoms with E-state index >= 15 is 0 Å². The number of rotatable bonds is 6. The molecule has 0 heterocycles. The molecule has 0 unspecified atom stereocenters. The molecule has 0 aromatic heterocycles. The van der Waals surface area contributed by atoms with Gasteiger partial charge in [0, 0.05) is 26.4 Å². The number of aliphatic hydroxyl groups is 1. The summed E-state index contributed by atoms with van der Waals surface area (Å²) in [5, 5.41) is 9.81. The fourth-order valence-electron chi connectivity index (χ4n) is 3.56. The third-order valence-corrected chi connectivity index (χ3v) is 4.74. The molecule has 1 N–H and O–H groups in total.